The van der Waals surface area contributed by atoms with Crippen molar-refractivity contribution in [2.24, 2.45) is 0 Å². The standard InChI is InChI=1S/C19H17FN2O2/c1-22(2)11-15-17(19(23)24)14-10-13(20)8-9-16(14)21-18(15)12-6-4-3-5-7-12/h3-10H,11H2,1-2H3,(H,23,24). The van der Waals surface area contributed by atoms with Gasteiger partial charge in [-0.2, -0.15) is 0 Å². The van der Waals surface area contributed by atoms with E-state index in [4.69, 9.17) is 0 Å². The molecule has 4 nitrogen and oxygen atoms in total. The summed E-state index contributed by atoms with van der Waals surface area (Å²) in [5.74, 6) is -1.56. The highest BCUT2D eigenvalue weighted by atomic mass is 19.1. The highest BCUT2D eigenvalue weighted by molar-refractivity contribution is 6.05. The Morgan fingerprint density at radius 3 is 2.50 bits per heavy atom. The van der Waals surface area contributed by atoms with Crippen molar-refractivity contribution in [3.8, 4) is 11.3 Å². The predicted octanol–water partition coefficient (Wildman–Crippen LogP) is 3.80. The SMILES string of the molecule is CN(C)Cc1c(-c2ccccc2)nc2ccc(F)cc2c1C(=O)O. The molecule has 0 aliphatic heterocycles. The summed E-state index contributed by atoms with van der Waals surface area (Å²) in [6, 6.07) is 13.5. The van der Waals surface area contributed by atoms with E-state index >= 15 is 0 Å². The number of carboxylic acid groups (broad SMARTS) is 1. The molecule has 3 rings (SSSR count). The van der Waals surface area contributed by atoms with Gasteiger partial charge in [-0.05, 0) is 32.3 Å². The lowest BCUT2D eigenvalue weighted by atomic mass is 9.96. The van der Waals surface area contributed by atoms with Gasteiger partial charge in [0.05, 0.1) is 16.8 Å². The van der Waals surface area contributed by atoms with Crippen LogP contribution in [0.4, 0.5) is 4.39 Å². The fourth-order valence-electron chi connectivity index (χ4n) is 2.82. The van der Waals surface area contributed by atoms with Crippen molar-refractivity contribution in [2.45, 2.75) is 6.54 Å². The molecule has 1 heterocycles. The number of rotatable bonds is 4. The molecule has 0 saturated heterocycles. The van der Waals surface area contributed by atoms with Crippen LogP contribution in [0.5, 0.6) is 0 Å². The van der Waals surface area contributed by atoms with Gasteiger partial charge in [0, 0.05) is 23.1 Å². The number of carboxylic acids is 1. The van der Waals surface area contributed by atoms with Crippen LogP contribution in [0.2, 0.25) is 0 Å². The van der Waals surface area contributed by atoms with Crippen molar-refractivity contribution in [2.75, 3.05) is 14.1 Å². The summed E-state index contributed by atoms with van der Waals surface area (Å²) < 4.78 is 13.7. The maximum atomic E-state index is 13.7. The summed E-state index contributed by atoms with van der Waals surface area (Å²) in [4.78, 5) is 18.4. The largest absolute Gasteiger partial charge is 0.478 e. The second-order valence-electron chi connectivity index (χ2n) is 5.88. The Morgan fingerprint density at radius 1 is 1.17 bits per heavy atom. The smallest absolute Gasteiger partial charge is 0.336 e. The molecule has 1 aromatic heterocycles. The van der Waals surface area contributed by atoms with Gasteiger partial charge in [-0.15, -0.1) is 0 Å². The van der Waals surface area contributed by atoms with Gasteiger partial charge in [0.15, 0.2) is 0 Å². The number of halogens is 1. The molecule has 0 saturated carbocycles. The van der Waals surface area contributed by atoms with Gasteiger partial charge < -0.3 is 10.0 Å². The first kappa shape index (κ1) is 16.1. The minimum atomic E-state index is -1.08. The number of pyridine rings is 1. The average molecular weight is 324 g/mol. The molecule has 5 heteroatoms. The Morgan fingerprint density at radius 2 is 1.88 bits per heavy atom. The van der Waals surface area contributed by atoms with E-state index in [1.165, 1.54) is 18.2 Å². The van der Waals surface area contributed by atoms with Crippen LogP contribution in [-0.4, -0.2) is 35.1 Å². The lowest BCUT2D eigenvalue weighted by Crippen LogP contribution is -2.17. The van der Waals surface area contributed by atoms with Gasteiger partial charge in [0.2, 0.25) is 0 Å². The zero-order chi connectivity index (χ0) is 17.3. The highest BCUT2D eigenvalue weighted by Gasteiger charge is 2.21. The lowest BCUT2D eigenvalue weighted by molar-refractivity contribution is 0.0697. The van der Waals surface area contributed by atoms with E-state index in [9.17, 15) is 14.3 Å². The van der Waals surface area contributed by atoms with Crippen molar-refractivity contribution in [3.63, 3.8) is 0 Å². The lowest BCUT2D eigenvalue weighted by Gasteiger charge is -2.18. The van der Waals surface area contributed by atoms with E-state index in [-0.39, 0.29) is 5.56 Å². The molecule has 122 valence electrons. The van der Waals surface area contributed by atoms with Gasteiger partial charge in [0.25, 0.3) is 0 Å². The van der Waals surface area contributed by atoms with E-state index < -0.39 is 11.8 Å². The number of fused-ring (bicyclic) bond motifs is 1. The van der Waals surface area contributed by atoms with Crippen LogP contribution in [0, 0.1) is 5.82 Å². The minimum absolute atomic E-state index is 0.104. The number of hydrogen-bond acceptors (Lipinski definition) is 3. The quantitative estimate of drug-likeness (QED) is 0.793. The summed E-state index contributed by atoms with van der Waals surface area (Å²) in [6.07, 6.45) is 0. The Labute approximate surface area is 139 Å². The van der Waals surface area contributed by atoms with Crippen LogP contribution in [0.1, 0.15) is 15.9 Å². The van der Waals surface area contributed by atoms with E-state index in [1.807, 2.05) is 49.3 Å². The first-order valence-corrected chi connectivity index (χ1v) is 7.53. The monoisotopic (exact) mass is 324 g/mol. The second-order valence-corrected chi connectivity index (χ2v) is 5.88. The zero-order valence-electron chi connectivity index (χ0n) is 13.5. The van der Waals surface area contributed by atoms with Crippen LogP contribution in [0.3, 0.4) is 0 Å². The van der Waals surface area contributed by atoms with E-state index in [2.05, 4.69) is 4.98 Å². The molecule has 0 amide bonds. The number of hydrogen-bond donors (Lipinski definition) is 1. The van der Waals surface area contributed by atoms with Gasteiger partial charge in [-0.3, -0.25) is 0 Å². The molecule has 0 atom stereocenters. The van der Waals surface area contributed by atoms with Gasteiger partial charge in [-0.25, -0.2) is 14.2 Å². The molecule has 0 unspecified atom stereocenters. The molecule has 0 aliphatic carbocycles. The van der Waals surface area contributed by atoms with Crippen LogP contribution in [0.15, 0.2) is 48.5 Å². The molecule has 24 heavy (non-hydrogen) atoms. The molecule has 0 radical (unpaired) electrons. The average Bonchev–Trinajstić information content (AvgIpc) is 2.54. The van der Waals surface area contributed by atoms with Crippen LogP contribution < -0.4 is 0 Å². The van der Waals surface area contributed by atoms with Crippen molar-refractivity contribution in [1.29, 1.82) is 0 Å². The number of benzene rings is 2. The number of nitrogens with zero attached hydrogens (tertiary/aromatic N) is 2. The molecular weight excluding hydrogens is 307 g/mol. The number of aromatic carboxylic acids is 1. The Bertz CT molecular complexity index is 908. The first-order chi connectivity index (χ1) is 11.5. The summed E-state index contributed by atoms with van der Waals surface area (Å²) in [6.45, 7) is 0.394. The Balaban J connectivity index is 2.42. The highest BCUT2D eigenvalue weighted by Crippen LogP contribution is 2.31. The van der Waals surface area contributed by atoms with E-state index in [0.717, 1.165) is 5.56 Å². The molecule has 1 N–H and O–H groups in total. The van der Waals surface area contributed by atoms with Gasteiger partial charge in [0.1, 0.15) is 5.82 Å². The third-order valence-electron chi connectivity index (χ3n) is 3.78. The fourth-order valence-corrected chi connectivity index (χ4v) is 2.82. The van der Waals surface area contributed by atoms with Crippen molar-refractivity contribution >= 4 is 16.9 Å². The maximum Gasteiger partial charge on any atom is 0.336 e. The van der Waals surface area contributed by atoms with Crippen LogP contribution >= 0.6 is 0 Å². The van der Waals surface area contributed by atoms with Crippen molar-refractivity contribution in [3.05, 3.63) is 65.5 Å². The summed E-state index contributed by atoms with van der Waals surface area (Å²) in [5.41, 5.74) is 2.60. The normalized spacial score (nSPS) is 11.2. The molecule has 2 aromatic carbocycles. The third-order valence-corrected chi connectivity index (χ3v) is 3.78. The van der Waals surface area contributed by atoms with Gasteiger partial charge in [-0.1, -0.05) is 30.3 Å². The summed E-state index contributed by atoms with van der Waals surface area (Å²) in [7, 11) is 3.71. The number of aromatic nitrogens is 1. The number of carbonyl (C=O) groups is 1. The van der Waals surface area contributed by atoms with E-state index in [0.29, 0.717) is 28.7 Å². The molecule has 0 spiro atoms. The topological polar surface area (TPSA) is 53.4 Å². The van der Waals surface area contributed by atoms with Crippen LogP contribution in [-0.2, 0) is 6.54 Å². The Hall–Kier alpha value is -2.79. The van der Waals surface area contributed by atoms with Crippen LogP contribution in [0.25, 0.3) is 22.2 Å². The fraction of sp³-hybridized carbons (Fsp3) is 0.158. The zero-order valence-corrected chi connectivity index (χ0v) is 13.5. The Kier molecular flexibility index (Phi) is 4.27. The minimum Gasteiger partial charge on any atom is -0.478 e. The van der Waals surface area contributed by atoms with Gasteiger partial charge >= 0.3 is 5.97 Å². The molecule has 0 fully saturated rings. The molecule has 3 aromatic rings. The molecular formula is C19H17FN2O2. The van der Waals surface area contributed by atoms with Crippen molar-refractivity contribution < 1.29 is 14.3 Å². The molecule has 0 aliphatic rings. The summed E-state index contributed by atoms with van der Waals surface area (Å²) in [5, 5.41) is 10.1. The second kappa shape index (κ2) is 6.37. The third kappa shape index (κ3) is 2.98. The van der Waals surface area contributed by atoms with E-state index in [1.54, 1.807) is 0 Å². The predicted molar refractivity (Wildman–Crippen MR) is 91.5 cm³/mol. The molecule has 0 bridgehead atoms. The summed E-state index contributed by atoms with van der Waals surface area (Å²) >= 11 is 0. The van der Waals surface area contributed by atoms with Crippen molar-refractivity contribution in [1.82, 2.24) is 9.88 Å². The maximum absolute atomic E-state index is 13.7. The first-order valence-electron chi connectivity index (χ1n) is 7.53.